The van der Waals surface area contributed by atoms with Gasteiger partial charge in [0.1, 0.15) is 6.04 Å². The molecule has 0 aromatic carbocycles. The molecule has 1 atom stereocenters. The van der Waals surface area contributed by atoms with E-state index in [0.717, 1.165) is 0 Å². The second kappa shape index (κ2) is 11.1. The quantitative estimate of drug-likeness (QED) is 0.692. The van der Waals surface area contributed by atoms with Gasteiger partial charge in [0.15, 0.2) is 0 Å². The second-order valence-electron chi connectivity index (χ2n) is 5.25. The summed E-state index contributed by atoms with van der Waals surface area (Å²) >= 11 is 0. The van der Waals surface area contributed by atoms with E-state index < -0.39 is 12.0 Å². The van der Waals surface area contributed by atoms with Gasteiger partial charge in [0.2, 0.25) is 0 Å². The van der Waals surface area contributed by atoms with Gasteiger partial charge in [-0.25, -0.2) is 0 Å². The Labute approximate surface area is 121 Å². The summed E-state index contributed by atoms with van der Waals surface area (Å²) in [5.74, 6) is -0.202. The minimum Gasteiger partial charge on any atom is -0.465 e. The van der Waals surface area contributed by atoms with Crippen LogP contribution in [0, 0.1) is 11.8 Å². The lowest BCUT2D eigenvalue weighted by molar-refractivity contribution is -0.147. The Kier molecular flexibility index (Phi) is 11.9. The second-order valence-corrected chi connectivity index (χ2v) is 5.25. The maximum absolute atomic E-state index is 11.4. The van der Waals surface area contributed by atoms with E-state index in [1.807, 2.05) is 27.7 Å². The molecule has 0 spiro atoms. The summed E-state index contributed by atoms with van der Waals surface area (Å²) in [7, 11) is 0. The van der Waals surface area contributed by atoms with Gasteiger partial charge >= 0.3 is 11.9 Å². The van der Waals surface area contributed by atoms with Gasteiger partial charge in [-0.2, -0.15) is 0 Å². The minimum atomic E-state index is -0.754. The van der Waals surface area contributed by atoms with Crippen LogP contribution in [0.15, 0.2) is 0 Å². The average molecular weight is 296 g/mol. The number of hydrogen-bond donors (Lipinski definition) is 1. The third-order valence-corrected chi connectivity index (χ3v) is 2.10. The van der Waals surface area contributed by atoms with Crippen molar-refractivity contribution in [2.45, 2.75) is 46.6 Å². The van der Waals surface area contributed by atoms with Crippen molar-refractivity contribution < 1.29 is 19.1 Å². The van der Waals surface area contributed by atoms with Crippen LogP contribution in [0.3, 0.4) is 0 Å². The molecule has 5 nitrogen and oxygen atoms in total. The van der Waals surface area contributed by atoms with Gasteiger partial charge in [-0.15, -0.1) is 12.4 Å². The molecule has 0 unspecified atom stereocenters. The highest BCUT2D eigenvalue weighted by molar-refractivity contribution is 5.85. The Morgan fingerprint density at radius 2 is 1.47 bits per heavy atom. The highest BCUT2D eigenvalue weighted by Gasteiger charge is 2.17. The van der Waals surface area contributed by atoms with Gasteiger partial charge in [0.05, 0.1) is 13.2 Å². The molecule has 0 fully saturated rings. The van der Waals surface area contributed by atoms with Crippen molar-refractivity contribution in [2.75, 3.05) is 13.2 Å². The van der Waals surface area contributed by atoms with E-state index in [-0.39, 0.29) is 37.1 Å². The summed E-state index contributed by atoms with van der Waals surface area (Å²) in [6.45, 7) is 8.56. The van der Waals surface area contributed by atoms with Gasteiger partial charge in [-0.1, -0.05) is 27.7 Å². The predicted octanol–water partition coefficient (Wildman–Crippen LogP) is 1.91. The number of nitrogens with two attached hydrogens (primary N) is 1. The van der Waals surface area contributed by atoms with Crippen molar-refractivity contribution in [3.8, 4) is 0 Å². The predicted molar refractivity (Wildman–Crippen MR) is 76.1 cm³/mol. The van der Waals surface area contributed by atoms with Crippen LogP contribution in [0.4, 0.5) is 0 Å². The number of carbonyl (C=O) groups is 2. The zero-order valence-electron chi connectivity index (χ0n) is 12.2. The Morgan fingerprint density at radius 3 is 1.95 bits per heavy atom. The lowest BCUT2D eigenvalue weighted by Gasteiger charge is -2.13. The van der Waals surface area contributed by atoms with Crippen molar-refractivity contribution in [3.05, 3.63) is 0 Å². The average Bonchev–Trinajstić information content (AvgIpc) is 2.30. The van der Waals surface area contributed by atoms with Crippen molar-refractivity contribution in [1.82, 2.24) is 0 Å². The normalized spacial score (nSPS) is 11.9. The van der Waals surface area contributed by atoms with E-state index in [9.17, 15) is 9.59 Å². The zero-order valence-corrected chi connectivity index (χ0v) is 13.0. The number of ether oxygens (including phenoxy) is 2. The Bertz CT molecular complexity index is 269. The van der Waals surface area contributed by atoms with Gasteiger partial charge in [0, 0.05) is 6.42 Å². The monoisotopic (exact) mass is 295 g/mol. The molecule has 0 bridgehead atoms. The van der Waals surface area contributed by atoms with Gasteiger partial charge in [-0.05, 0) is 18.3 Å². The van der Waals surface area contributed by atoms with Crippen molar-refractivity contribution in [1.29, 1.82) is 0 Å². The number of esters is 2. The first kappa shape index (κ1) is 20.5. The number of carbonyl (C=O) groups excluding carboxylic acids is 2. The first-order valence-electron chi connectivity index (χ1n) is 6.40. The first-order valence-corrected chi connectivity index (χ1v) is 6.40. The maximum Gasteiger partial charge on any atom is 0.322 e. The van der Waals surface area contributed by atoms with Crippen LogP contribution in [-0.4, -0.2) is 31.2 Å². The smallest absolute Gasteiger partial charge is 0.322 e. The zero-order chi connectivity index (χ0) is 14.1. The molecule has 0 aliphatic rings. The maximum atomic E-state index is 11.4. The summed E-state index contributed by atoms with van der Waals surface area (Å²) in [6, 6.07) is -0.754. The molecule has 0 rings (SSSR count). The molecule has 0 radical (unpaired) electrons. The number of rotatable bonds is 8. The Morgan fingerprint density at radius 1 is 1.00 bits per heavy atom. The van der Waals surface area contributed by atoms with E-state index in [0.29, 0.717) is 19.1 Å². The molecule has 114 valence electrons. The fourth-order valence-electron chi connectivity index (χ4n) is 1.08. The summed E-state index contributed by atoms with van der Waals surface area (Å²) in [6.07, 6.45) is 0.401. The van der Waals surface area contributed by atoms with Crippen molar-refractivity contribution in [3.63, 3.8) is 0 Å². The number of halogens is 1. The third-order valence-electron chi connectivity index (χ3n) is 2.10. The largest absolute Gasteiger partial charge is 0.465 e. The van der Waals surface area contributed by atoms with E-state index in [1.54, 1.807) is 0 Å². The van der Waals surface area contributed by atoms with E-state index in [1.165, 1.54) is 0 Å². The minimum absolute atomic E-state index is 0. The van der Waals surface area contributed by atoms with Crippen LogP contribution >= 0.6 is 12.4 Å². The van der Waals surface area contributed by atoms with E-state index in [4.69, 9.17) is 15.2 Å². The SMILES string of the molecule is CC(C)COC(=O)CC[C@H](N)C(=O)OCC(C)C.Cl. The molecular formula is C13H26ClNO4. The molecule has 0 aromatic heterocycles. The van der Waals surface area contributed by atoms with Crippen LogP contribution in [0.25, 0.3) is 0 Å². The van der Waals surface area contributed by atoms with Crippen LogP contribution in [0.1, 0.15) is 40.5 Å². The molecule has 2 N–H and O–H groups in total. The standard InChI is InChI=1S/C13H25NO4.ClH/c1-9(2)7-17-12(15)6-5-11(14)13(16)18-8-10(3)4;/h9-11H,5-8,14H2,1-4H3;1H/t11-;/m0./s1. The molecule has 0 amide bonds. The van der Waals surface area contributed by atoms with Crippen molar-refractivity contribution in [2.24, 2.45) is 17.6 Å². The highest BCUT2D eigenvalue weighted by atomic mass is 35.5. The Balaban J connectivity index is 0. The molecule has 0 aromatic rings. The molecule has 19 heavy (non-hydrogen) atoms. The fourth-order valence-corrected chi connectivity index (χ4v) is 1.08. The summed E-state index contributed by atoms with van der Waals surface area (Å²) in [5, 5.41) is 0. The van der Waals surface area contributed by atoms with Crippen LogP contribution in [0.5, 0.6) is 0 Å². The molecule has 0 aliphatic heterocycles. The molecule has 6 heteroatoms. The highest BCUT2D eigenvalue weighted by Crippen LogP contribution is 2.02. The molecule has 0 saturated heterocycles. The third kappa shape index (κ3) is 12.0. The molecule has 0 heterocycles. The topological polar surface area (TPSA) is 78.6 Å². The first-order chi connectivity index (χ1) is 8.32. The van der Waals surface area contributed by atoms with Crippen LogP contribution < -0.4 is 5.73 Å². The van der Waals surface area contributed by atoms with Crippen LogP contribution in [0.2, 0.25) is 0 Å². The number of hydrogen-bond acceptors (Lipinski definition) is 5. The van der Waals surface area contributed by atoms with Crippen LogP contribution in [-0.2, 0) is 19.1 Å². The van der Waals surface area contributed by atoms with Gasteiger partial charge < -0.3 is 15.2 Å². The fraction of sp³-hybridized carbons (Fsp3) is 0.846. The molecular weight excluding hydrogens is 270 g/mol. The Hall–Kier alpha value is -0.810. The van der Waals surface area contributed by atoms with Crippen molar-refractivity contribution >= 4 is 24.3 Å². The lowest BCUT2D eigenvalue weighted by Crippen LogP contribution is -2.33. The van der Waals surface area contributed by atoms with Gasteiger partial charge in [0.25, 0.3) is 0 Å². The van der Waals surface area contributed by atoms with Gasteiger partial charge in [-0.3, -0.25) is 9.59 Å². The summed E-state index contributed by atoms with van der Waals surface area (Å²) in [4.78, 5) is 22.7. The molecule has 0 aliphatic carbocycles. The van der Waals surface area contributed by atoms with E-state index >= 15 is 0 Å². The summed E-state index contributed by atoms with van der Waals surface area (Å²) in [5.41, 5.74) is 5.63. The molecule has 0 saturated carbocycles. The van der Waals surface area contributed by atoms with E-state index in [2.05, 4.69) is 0 Å². The summed E-state index contributed by atoms with van der Waals surface area (Å²) < 4.78 is 9.96. The lowest BCUT2D eigenvalue weighted by atomic mass is 10.1.